The van der Waals surface area contributed by atoms with E-state index in [2.05, 4.69) is 23.8 Å². The lowest BCUT2D eigenvalue weighted by Gasteiger charge is -2.54. The van der Waals surface area contributed by atoms with Crippen LogP contribution in [0.4, 0.5) is 0 Å². The summed E-state index contributed by atoms with van der Waals surface area (Å²) in [4.78, 5) is 39.3. The van der Waals surface area contributed by atoms with Crippen molar-refractivity contribution in [3.8, 4) is 0 Å². The topological polar surface area (TPSA) is 65.3 Å². The van der Waals surface area contributed by atoms with E-state index >= 15 is 0 Å². The van der Waals surface area contributed by atoms with Crippen LogP contribution >= 0.6 is 0 Å². The standard InChI is InChI=1S/C42H78N4O2/c1-3-5-7-9-11-13-15-17-19-21-23-25-27-29-31-33-41(47)45-39-37-43-35-36-44-38-40(45)46(39)42(48)34-32-30-28-26-24-22-20-18-16-14-12-10-8-6-4-2/h37-40H,3-36H2,1-2H3. The summed E-state index contributed by atoms with van der Waals surface area (Å²) in [7, 11) is 0. The molecule has 48 heavy (non-hydrogen) atoms. The van der Waals surface area contributed by atoms with Crippen LogP contribution in [0.25, 0.3) is 0 Å². The largest absolute Gasteiger partial charge is 0.291 e. The van der Waals surface area contributed by atoms with Crippen LogP contribution in [0.1, 0.15) is 219 Å². The van der Waals surface area contributed by atoms with Crippen molar-refractivity contribution in [1.29, 1.82) is 0 Å². The minimum Gasteiger partial charge on any atom is -0.291 e. The number of nitrogens with zero attached hydrogens (tertiary/aromatic N) is 4. The SMILES string of the molecule is CCCCCCCCCCCCCCCCCC(=O)N1C2C=NCCN=CC1N2C(=O)CCCCCCCCCCCCCCCCC. The fourth-order valence-corrected chi connectivity index (χ4v) is 7.39. The van der Waals surface area contributed by atoms with E-state index in [-0.39, 0.29) is 24.1 Å². The van der Waals surface area contributed by atoms with Crippen LogP contribution in [0.2, 0.25) is 0 Å². The molecule has 1 fully saturated rings. The Morgan fingerprint density at radius 2 is 0.646 bits per heavy atom. The van der Waals surface area contributed by atoms with Crippen molar-refractivity contribution >= 4 is 24.2 Å². The summed E-state index contributed by atoms with van der Waals surface area (Å²) in [5.74, 6) is 0.269. The van der Waals surface area contributed by atoms with Crippen molar-refractivity contribution in [3.05, 3.63) is 0 Å². The van der Waals surface area contributed by atoms with E-state index in [1.807, 2.05) is 22.2 Å². The summed E-state index contributed by atoms with van der Waals surface area (Å²) in [5.41, 5.74) is 0. The number of amides is 2. The first-order chi connectivity index (χ1) is 23.7. The maximum atomic E-state index is 13.3. The van der Waals surface area contributed by atoms with Crippen LogP contribution < -0.4 is 0 Å². The van der Waals surface area contributed by atoms with Gasteiger partial charge in [0.25, 0.3) is 0 Å². The average molecular weight is 671 g/mol. The predicted molar refractivity (Wildman–Crippen MR) is 207 cm³/mol. The third-order valence-corrected chi connectivity index (χ3v) is 10.5. The van der Waals surface area contributed by atoms with E-state index < -0.39 is 0 Å². The Labute approximate surface area is 297 Å². The molecule has 6 nitrogen and oxygen atoms in total. The predicted octanol–water partition coefficient (Wildman–Crippen LogP) is 12.0. The summed E-state index contributed by atoms with van der Waals surface area (Å²) in [6, 6.07) is 0. The fraction of sp³-hybridized carbons (Fsp3) is 0.905. The number of aliphatic imine (C=N–C) groups is 2. The molecule has 0 atom stereocenters. The van der Waals surface area contributed by atoms with Gasteiger partial charge in [-0.2, -0.15) is 0 Å². The molecular formula is C42H78N4O2. The lowest BCUT2D eigenvalue weighted by atomic mass is 10.0. The van der Waals surface area contributed by atoms with Gasteiger partial charge >= 0.3 is 0 Å². The number of carbonyl (C=O) groups is 2. The molecule has 2 amide bonds. The van der Waals surface area contributed by atoms with E-state index in [1.54, 1.807) is 0 Å². The van der Waals surface area contributed by atoms with Crippen molar-refractivity contribution in [3.63, 3.8) is 0 Å². The summed E-state index contributed by atoms with van der Waals surface area (Å²) in [6.07, 6.45) is 43.6. The number of hydrogen-bond donors (Lipinski definition) is 0. The van der Waals surface area contributed by atoms with Crippen LogP contribution in [-0.2, 0) is 9.59 Å². The van der Waals surface area contributed by atoms with Gasteiger partial charge < -0.3 is 0 Å². The lowest BCUT2D eigenvalue weighted by molar-refractivity contribution is -0.173. The Hall–Kier alpha value is -1.72. The molecule has 0 saturated carbocycles. The van der Waals surface area contributed by atoms with E-state index in [9.17, 15) is 9.59 Å². The molecule has 3 aliphatic heterocycles. The Kier molecular flexibility index (Phi) is 26.6. The van der Waals surface area contributed by atoms with E-state index in [0.717, 1.165) is 25.7 Å². The molecule has 3 rings (SSSR count). The Bertz CT molecular complexity index is 767. The normalized spacial score (nSPS) is 17.3. The van der Waals surface area contributed by atoms with Gasteiger partial charge in [-0.1, -0.05) is 194 Å². The number of carbonyl (C=O) groups excluding carboxylic acids is 2. The van der Waals surface area contributed by atoms with Gasteiger partial charge in [0.15, 0.2) is 0 Å². The first kappa shape index (κ1) is 42.4. The summed E-state index contributed by atoms with van der Waals surface area (Å²) >= 11 is 0. The van der Waals surface area contributed by atoms with E-state index in [4.69, 9.17) is 0 Å². The first-order valence-electron chi connectivity index (χ1n) is 21.3. The molecule has 278 valence electrons. The molecule has 0 N–H and O–H groups in total. The zero-order valence-corrected chi connectivity index (χ0v) is 32.0. The first-order valence-corrected chi connectivity index (χ1v) is 21.3. The molecule has 3 heterocycles. The molecule has 0 aliphatic carbocycles. The molecule has 0 aromatic carbocycles. The van der Waals surface area contributed by atoms with Crippen LogP contribution in [-0.4, -0.2) is 59.5 Å². The van der Waals surface area contributed by atoms with Gasteiger partial charge in [0.1, 0.15) is 12.3 Å². The average Bonchev–Trinajstić information content (AvgIpc) is 3.26. The Morgan fingerprint density at radius 1 is 0.417 bits per heavy atom. The Morgan fingerprint density at radius 3 is 0.896 bits per heavy atom. The highest BCUT2D eigenvalue weighted by Crippen LogP contribution is 2.29. The summed E-state index contributed by atoms with van der Waals surface area (Å²) in [6.45, 7) is 5.79. The van der Waals surface area contributed by atoms with Crippen molar-refractivity contribution in [2.24, 2.45) is 9.98 Å². The van der Waals surface area contributed by atoms with Gasteiger partial charge in [-0.05, 0) is 12.8 Å². The highest BCUT2D eigenvalue weighted by atomic mass is 16.2. The number of fused-ring (bicyclic) bond motifs is 3. The molecule has 0 unspecified atom stereocenters. The van der Waals surface area contributed by atoms with Crippen LogP contribution in [0.5, 0.6) is 0 Å². The number of hydrogen-bond acceptors (Lipinski definition) is 4. The molecule has 0 aromatic heterocycles. The Balaban J connectivity index is 1.52. The molecule has 0 aromatic rings. The van der Waals surface area contributed by atoms with Gasteiger partial charge in [0.05, 0.1) is 13.1 Å². The summed E-state index contributed by atoms with van der Waals surface area (Å²) in [5, 5.41) is 0. The number of rotatable bonds is 32. The maximum Gasteiger partial charge on any atom is 0.226 e. The van der Waals surface area contributed by atoms with Crippen LogP contribution in [0.15, 0.2) is 9.98 Å². The van der Waals surface area contributed by atoms with Crippen LogP contribution in [0.3, 0.4) is 0 Å². The fourth-order valence-electron chi connectivity index (χ4n) is 7.39. The van der Waals surface area contributed by atoms with Gasteiger partial charge in [0.2, 0.25) is 11.8 Å². The minimum atomic E-state index is -0.341. The maximum absolute atomic E-state index is 13.3. The third kappa shape index (κ3) is 19.5. The van der Waals surface area contributed by atoms with Gasteiger partial charge in [0, 0.05) is 25.3 Å². The molecular weight excluding hydrogens is 592 g/mol. The quantitative estimate of drug-likeness (QED) is 0.0669. The molecule has 2 bridgehead atoms. The lowest BCUT2D eigenvalue weighted by Crippen LogP contribution is -2.75. The second-order valence-electron chi connectivity index (χ2n) is 14.9. The van der Waals surface area contributed by atoms with Crippen molar-refractivity contribution in [2.45, 2.75) is 232 Å². The van der Waals surface area contributed by atoms with Crippen molar-refractivity contribution < 1.29 is 9.59 Å². The zero-order valence-electron chi connectivity index (χ0n) is 32.0. The highest BCUT2D eigenvalue weighted by molar-refractivity contribution is 5.94. The molecule has 0 radical (unpaired) electrons. The molecule has 6 heteroatoms. The second kappa shape index (κ2) is 30.1. The van der Waals surface area contributed by atoms with Crippen molar-refractivity contribution in [1.82, 2.24) is 9.80 Å². The smallest absolute Gasteiger partial charge is 0.226 e. The zero-order chi connectivity index (χ0) is 34.3. The monoisotopic (exact) mass is 671 g/mol. The van der Waals surface area contributed by atoms with E-state index in [1.165, 1.54) is 167 Å². The van der Waals surface area contributed by atoms with Gasteiger partial charge in [-0.15, -0.1) is 0 Å². The van der Waals surface area contributed by atoms with Crippen molar-refractivity contribution in [2.75, 3.05) is 13.1 Å². The van der Waals surface area contributed by atoms with Gasteiger partial charge in [-0.3, -0.25) is 29.4 Å². The van der Waals surface area contributed by atoms with E-state index in [0.29, 0.717) is 25.9 Å². The van der Waals surface area contributed by atoms with Gasteiger partial charge in [-0.25, -0.2) is 0 Å². The van der Waals surface area contributed by atoms with Crippen LogP contribution in [0, 0.1) is 0 Å². The second-order valence-corrected chi connectivity index (χ2v) is 14.9. The highest BCUT2D eigenvalue weighted by Gasteiger charge is 2.49. The minimum absolute atomic E-state index is 0.135. The molecule has 1 saturated heterocycles. The summed E-state index contributed by atoms with van der Waals surface area (Å²) < 4.78 is 0. The number of unbranched alkanes of at least 4 members (excludes halogenated alkanes) is 28. The molecule has 0 spiro atoms. The molecule has 3 aliphatic rings. The third-order valence-electron chi connectivity index (χ3n) is 10.5.